The quantitative estimate of drug-likeness (QED) is 0.672. The molecule has 3 aromatic rings. The molecular weight excluding hydrogens is 400 g/mol. The first kappa shape index (κ1) is 20.7. The number of fused-ring (bicyclic) bond motifs is 3. The van der Waals surface area contributed by atoms with Gasteiger partial charge in [-0.15, -0.1) is 0 Å². The van der Waals surface area contributed by atoms with Crippen molar-refractivity contribution in [2.45, 2.75) is 26.3 Å². The van der Waals surface area contributed by atoms with Crippen LogP contribution in [0.5, 0.6) is 0 Å². The van der Waals surface area contributed by atoms with E-state index < -0.39 is 11.9 Å². The van der Waals surface area contributed by atoms with Gasteiger partial charge in [-0.25, -0.2) is 8.78 Å². The van der Waals surface area contributed by atoms with Gasteiger partial charge in [0.05, 0.1) is 17.4 Å². The average molecular weight is 421 g/mol. The number of aryl methyl sites for hydroxylation is 1. The minimum absolute atomic E-state index is 0.0541. The third-order valence-corrected chi connectivity index (χ3v) is 5.40. The number of amides is 1. The van der Waals surface area contributed by atoms with Crippen molar-refractivity contribution in [2.24, 2.45) is 12.0 Å². The molecule has 5 nitrogen and oxygen atoms in total. The minimum atomic E-state index is -0.601. The SMILES string of the molecule is CCC(=O)Nc1cc2c(cc1F)C(c1ccc(F)cc1)=NC(C)c1cc(=O)n(C)cc1-2. The predicted molar refractivity (Wildman–Crippen MR) is 116 cm³/mol. The normalized spacial score (nSPS) is 14.9. The molecule has 0 radical (unpaired) electrons. The fourth-order valence-corrected chi connectivity index (χ4v) is 3.71. The molecule has 1 aliphatic heterocycles. The summed E-state index contributed by atoms with van der Waals surface area (Å²) < 4.78 is 29.9. The van der Waals surface area contributed by atoms with Gasteiger partial charge in [0, 0.05) is 42.4 Å². The minimum Gasteiger partial charge on any atom is -0.324 e. The highest BCUT2D eigenvalue weighted by molar-refractivity contribution is 6.17. The third kappa shape index (κ3) is 3.79. The molecule has 1 aliphatic rings. The molecule has 0 saturated heterocycles. The van der Waals surface area contributed by atoms with Crippen LogP contribution in [0, 0.1) is 11.6 Å². The van der Waals surface area contributed by atoms with E-state index in [1.807, 2.05) is 6.92 Å². The van der Waals surface area contributed by atoms with Crippen molar-refractivity contribution < 1.29 is 13.6 Å². The number of aliphatic imine (C=N–C) groups is 1. The topological polar surface area (TPSA) is 63.5 Å². The van der Waals surface area contributed by atoms with Crippen molar-refractivity contribution >= 4 is 17.3 Å². The first-order valence-corrected chi connectivity index (χ1v) is 9.97. The van der Waals surface area contributed by atoms with E-state index in [1.54, 1.807) is 38.4 Å². The standard InChI is InChI=1S/C24H21F2N3O2/c1-4-22(30)28-21-10-17-18(9-20(21)26)24(14-5-7-15(25)8-6-14)27-13(2)16-11-23(31)29(3)12-19(16)17/h5-13H,4H2,1-3H3,(H,28,30). The lowest BCUT2D eigenvalue weighted by atomic mass is 9.91. The van der Waals surface area contributed by atoms with Crippen LogP contribution in [-0.2, 0) is 11.8 Å². The molecule has 1 amide bonds. The van der Waals surface area contributed by atoms with Gasteiger partial charge in [-0.1, -0.05) is 6.92 Å². The van der Waals surface area contributed by atoms with Gasteiger partial charge in [0.25, 0.3) is 5.56 Å². The van der Waals surface area contributed by atoms with Crippen molar-refractivity contribution in [3.8, 4) is 11.1 Å². The van der Waals surface area contributed by atoms with Crippen molar-refractivity contribution in [3.63, 3.8) is 0 Å². The van der Waals surface area contributed by atoms with Crippen LogP contribution < -0.4 is 10.9 Å². The van der Waals surface area contributed by atoms with E-state index >= 15 is 0 Å². The van der Waals surface area contributed by atoms with Crippen LogP contribution in [0.25, 0.3) is 11.1 Å². The maximum atomic E-state index is 15.0. The molecule has 158 valence electrons. The number of carbonyl (C=O) groups excluding carboxylic acids is 1. The van der Waals surface area contributed by atoms with Gasteiger partial charge in [0.15, 0.2) is 0 Å². The molecule has 7 heteroatoms. The van der Waals surface area contributed by atoms with Gasteiger partial charge < -0.3 is 9.88 Å². The van der Waals surface area contributed by atoms with E-state index in [9.17, 15) is 18.4 Å². The molecule has 1 aromatic heterocycles. The zero-order valence-corrected chi connectivity index (χ0v) is 17.4. The Morgan fingerprint density at radius 3 is 2.48 bits per heavy atom. The number of benzene rings is 2. The predicted octanol–water partition coefficient (Wildman–Crippen LogP) is 4.59. The van der Waals surface area contributed by atoms with Crippen LogP contribution in [0.1, 0.15) is 43.0 Å². The number of halogens is 2. The fraction of sp³-hybridized carbons (Fsp3) is 0.208. The number of aromatic nitrogens is 1. The molecule has 2 heterocycles. The third-order valence-electron chi connectivity index (χ3n) is 5.40. The number of rotatable bonds is 3. The van der Waals surface area contributed by atoms with E-state index in [4.69, 9.17) is 4.99 Å². The molecule has 2 aromatic carbocycles. The maximum absolute atomic E-state index is 15.0. The number of hydrogen-bond acceptors (Lipinski definition) is 3. The summed E-state index contributed by atoms with van der Waals surface area (Å²) in [5.41, 5.74) is 3.53. The van der Waals surface area contributed by atoms with Crippen LogP contribution in [0.2, 0.25) is 0 Å². The summed E-state index contributed by atoms with van der Waals surface area (Å²) in [7, 11) is 1.64. The lowest BCUT2D eigenvalue weighted by Gasteiger charge is -2.16. The Kier molecular flexibility index (Phi) is 5.27. The second-order valence-electron chi connectivity index (χ2n) is 7.53. The molecule has 0 bridgehead atoms. The molecular formula is C24H21F2N3O2. The monoisotopic (exact) mass is 421 g/mol. The highest BCUT2D eigenvalue weighted by Gasteiger charge is 2.26. The van der Waals surface area contributed by atoms with Gasteiger partial charge in [-0.3, -0.25) is 14.6 Å². The first-order valence-electron chi connectivity index (χ1n) is 9.97. The van der Waals surface area contributed by atoms with E-state index in [0.29, 0.717) is 28.0 Å². The number of carbonyl (C=O) groups is 1. The second-order valence-corrected chi connectivity index (χ2v) is 7.53. The Bertz CT molecular complexity index is 1280. The van der Waals surface area contributed by atoms with Crippen LogP contribution in [0.3, 0.4) is 0 Å². The summed E-state index contributed by atoms with van der Waals surface area (Å²) in [6.45, 7) is 3.53. The lowest BCUT2D eigenvalue weighted by Crippen LogP contribution is -2.17. The van der Waals surface area contributed by atoms with Crippen LogP contribution in [-0.4, -0.2) is 16.2 Å². The van der Waals surface area contributed by atoms with Crippen molar-refractivity contribution in [1.82, 2.24) is 4.57 Å². The Morgan fingerprint density at radius 2 is 1.81 bits per heavy atom. The smallest absolute Gasteiger partial charge is 0.250 e. The van der Waals surface area contributed by atoms with Crippen LogP contribution >= 0.6 is 0 Å². The maximum Gasteiger partial charge on any atom is 0.250 e. The summed E-state index contributed by atoms with van der Waals surface area (Å²) in [4.78, 5) is 29.0. The number of anilines is 1. The Labute approximate surface area is 178 Å². The lowest BCUT2D eigenvalue weighted by molar-refractivity contribution is -0.115. The number of hydrogen-bond donors (Lipinski definition) is 1. The van der Waals surface area contributed by atoms with E-state index in [2.05, 4.69) is 5.32 Å². The van der Waals surface area contributed by atoms with Crippen LogP contribution in [0.4, 0.5) is 14.5 Å². The summed E-state index contributed by atoms with van der Waals surface area (Å²) in [6.07, 6.45) is 1.90. The molecule has 0 fully saturated rings. The summed E-state index contributed by atoms with van der Waals surface area (Å²) >= 11 is 0. The molecule has 1 N–H and O–H groups in total. The Hall–Kier alpha value is -3.61. The molecule has 1 atom stereocenters. The Morgan fingerprint density at radius 1 is 1.10 bits per heavy atom. The van der Waals surface area contributed by atoms with Gasteiger partial charge in [0.1, 0.15) is 11.6 Å². The molecule has 0 aliphatic carbocycles. The molecule has 31 heavy (non-hydrogen) atoms. The second kappa shape index (κ2) is 7.91. The van der Waals surface area contributed by atoms with E-state index in [1.165, 1.54) is 28.8 Å². The summed E-state index contributed by atoms with van der Waals surface area (Å²) in [5.74, 6) is -1.30. The number of pyridine rings is 1. The van der Waals surface area contributed by atoms with Crippen molar-refractivity contribution in [2.75, 3.05) is 5.32 Å². The van der Waals surface area contributed by atoms with Gasteiger partial charge >= 0.3 is 0 Å². The summed E-state index contributed by atoms with van der Waals surface area (Å²) in [6, 6.07) is 9.84. The zero-order valence-electron chi connectivity index (χ0n) is 17.4. The van der Waals surface area contributed by atoms with Gasteiger partial charge in [-0.2, -0.15) is 0 Å². The van der Waals surface area contributed by atoms with Crippen molar-refractivity contribution in [3.05, 3.63) is 87.3 Å². The van der Waals surface area contributed by atoms with Gasteiger partial charge in [0.2, 0.25) is 5.91 Å². The number of nitrogens with zero attached hydrogens (tertiary/aromatic N) is 2. The largest absolute Gasteiger partial charge is 0.324 e. The average Bonchev–Trinajstić information content (AvgIpc) is 2.85. The van der Waals surface area contributed by atoms with Crippen LogP contribution in [0.15, 0.2) is 58.4 Å². The highest BCUT2D eigenvalue weighted by atomic mass is 19.1. The fourth-order valence-electron chi connectivity index (χ4n) is 3.71. The summed E-state index contributed by atoms with van der Waals surface area (Å²) in [5, 5.41) is 2.59. The highest BCUT2D eigenvalue weighted by Crippen LogP contribution is 2.39. The van der Waals surface area contributed by atoms with Crippen molar-refractivity contribution in [1.29, 1.82) is 0 Å². The van der Waals surface area contributed by atoms with Gasteiger partial charge in [-0.05, 0) is 54.4 Å². The zero-order chi connectivity index (χ0) is 22.3. The number of nitrogens with one attached hydrogen (secondary N) is 1. The first-order chi connectivity index (χ1) is 14.8. The molecule has 0 spiro atoms. The Balaban J connectivity index is 2.03. The van der Waals surface area contributed by atoms with E-state index in [0.717, 1.165) is 5.56 Å². The molecule has 1 unspecified atom stereocenters. The molecule has 0 saturated carbocycles. The molecule has 4 rings (SSSR count). The van der Waals surface area contributed by atoms with E-state index in [-0.39, 0.29) is 29.4 Å².